The van der Waals surface area contributed by atoms with E-state index in [2.05, 4.69) is 15.1 Å². The Bertz CT molecular complexity index is 845. The van der Waals surface area contributed by atoms with Gasteiger partial charge < -0.3 is 0 Å². The van der Waals surface area contributed by atoms with Gasteiger partial charge in [-0.3, -0.25) is 9.78 Å². The molecule has 0 amide bonds. The highest BCUT2D eigenvalue weighted by molar-refractivity contribution is 5.96. The molecule has 110 valence electrons. The Morgan fingerprint density at radius 1 is 1.23 bits per heavy atom. The molecule has 0 spiro atoms. The number of carbonyl (C=O) groups excluding carboxylic acids is 1. The predicted octanol–water partition coefficient (Wildman–Crippen LogP) is 2.97. The van der Waals surface area contributed by atoms with Crippen LogP contribution in [-0.4, -0.2) is 25.4 Å². The number of rotatable bonds is 4. The summed E-state index contributed by atoms with van der Waals surface area (Å²) < 4.78 is 1.76. The van der Waals surface area contributed by atoms with Crippen LogP contribution in [0.1, 0.15) is 35.7 Å². The van der Waals surface area contributed by atoms with Gasteiger partial charge in [-0.15, -0.1) is 0 Å². The largest absolute Gasteiger partial charge is 0.294 e. The highest BCUT2D eigenvalue weighted by Gasteiger charge is 2.12. The fourth-order valence-electron chi connectivity index (χ4n) is 2.22. The molecule has 0 radical (unpaired) electrons. The van der Waals surface area contributed by atoms with Crippen LogP contribution in [0.25, 0.3) is 11.7 Å². The molecule has 0 aliphatic heterocycles. The first-order valence-electron chi connectivity index (χ1n) is 7.06. The van der Waals surface area contributed by atoms with Crippen molar-refractivity contribution in [1.82, 2.24) is 19.6 Å². The van der Waals surface area contributed by atoms with E-state index in [9.17, 15) is 4.79 Å². The number of allylic oxidation sites excluding steroid dienone is 1. The van der Waals surface area contributed by atoms with Gasteiger partial charge in [0.1, 0.15) is 0 Å². The molecule has 0 bridgehead atoms. The van der Waals surface area contributed by atoms with Crippen molar-refractivity contribution in [3.63, 3.8) is 0 Å². The smallest absolute Gasteiger partial charge is 0.172 e. The zero-order valence-electron chi connectivity index (χ0n) is 12.5. The summed E-state index contributed by atoms with van der Waals surface area (Å²) in [5.74, 6) is 0.483. The average Bonchev–Trinajstić information content (AvgIpc) is 2.91. The van der Waals surface area contributed by atoms with E-state index in [1.165, 1.54) is 5.57 Å². The Morgan fingerprint density at radius 2 is 2.09 bits per heavy atom. The first-order valence-corrected chi connectivity index (χ1v) is 7.06. The van der Waals surface area contributed by atoms with Crippen LogP contribution in [0, 0.1) is 0 Å². The molecule has 5 heteroatoms. The van der Waals surface area contributed by atoms with Gasteiger partial charge in [0.05, 0.1) is 12.1 Å². The molecule has 3 aromatic rings. The lowest BCUT2D eigenvalue weighted by Crippen LogP contribution is -2.05. The Balaban J connectivity index is 1.93. The number of hydrogen-bond acceptors (Lipinski definition) is 4. The third-order valence-electron chi connectivity index (χ3n) is 3.17. The van der Waals surface area contributed by atoms with Gasteiger partial charge in [-0.25, -0.2) is 9.50 Å². The second-order valence-electron chi connectivity index (χ2n) is 5.31. The average molecular weight is 292 g/mol. The molecule has 0 aliphatic carbocycles. The van der Waals surface area contributed by atoms with E-state index in [0.717, 1.165) is 11.3 Å². The zero-order chi connectivity index (χ0) is 15.5. The minimum atomic E-state index is -0.0345. The van der Waals surface area contributed by atoms with Gasteiger partial charge in [-0.05, 0) is 44.2 Å². The number of fused-ring (bicyclic) bond motifs is 1. The highest BCUT2D eigenvalue weighted by atomic mass is 16.1. The molecule has 0 N–H and O–H groups in total. The number of carbonyl (C=O) groups is 1. The minimum absolute atomic E-state index is 0.0345. The number of aromatic nitrogens is 4. The number of nitrogens with zero attached hydrogens (tertiary/aromatic N) is 4. The van der Waals surface area contributed by atoms with Gasteiger partial charge >= 0.3 is 0 Å². The third kappa shape index (κ3) is 2.93. The maximum absolute atomic E-state index is 12.2. The topological polar surface area (TPSA) is 60.2 Å². The summed E-state index contributed by atoms with van der Waals surface area (Å²) >= 11 is 0. The summed E-state index contributed by atoms with van der Waals surface area (Å²) in [4.78, 5) is 20.6. The van der Waals surface area contributed by atoms with E-state index in [1.54, 1.807) is 29.0 Å². The summed E-state index contributed by atoms with van der Waals surface area (Å²) in [6, 6.07) is 9.29. The monoisotopic (exact) mass is 292 g/mol. The molecule has 0 aliphatic rings. The van der Waals surface area contributed by atoms with Crippen molar-refractivity contribution < 1.29 is 4.79 Å². The van der Waals surface area contributed by atoms with E-state index < -0.39 is 0 Å². The zero-order valence-corrected chi connectivity index (χ0v) is 12.5. The van der Waals surface area contributed by atoms with Crippen molar-refractivity contribution in [2.24, 2.45) is 0 Å². The lowest BCUT2D eigenvalue weighted by Gasteiger charge is -1.98. The molecule has 0 aromatic carbocycles. The van der Waals surface area contributed by atoms with Gasteiger partial charge in [0.15, 0.2) is 17.3 Å². The molecular formula is C17H16N4O. The second-order valence-corrected chi connectivity index (χ2v) is 5.31. The van der Waals surface area contributed by atoms with Crippen molar-refractivity contribution in [3.8, 4) is 0 Å². The maximum atomic E-state index is 12.2. The number of ketones is 1. The summed E-state index contributed by atoms with van der Waals surface area (Å²) in [5.41, 5.74) is 3.44. The van der Waals surface area contributed by atoms with Crippen LogP contribution in [0.3, 0.4) is 0 Å². The molecule has 0 saturated carbocycles. The van der Waals surface area contributed by atoms with Gasteiger partial charge in [0, 0.05) is 18.0 Å². The second kappa shape index (κ2) is 5.89. The van der Waals surface area contributed by atoms with E-state index in [4.69, 9.17) is 0 Å². The van der Waals surface area contributed by atoms with Crippen molar-refractivity contribution >= 4 is 17.5 Å². The van der Waals surface area contributed by atoms with Crippen LogP contribution in [0.15, 0.2) is 48.3 Å². The van der Waals surface area contributed by atoms with Gasteiger partial charge in [0.25, 0.3) is 0 Å². The summed E-state index contributed by atoms with van der Waals surface area (Å²) in [6.07, 6.45) is 5.41. The van der Waals surface area contributed by atoms with Crippen LogP contribution in [0.2, 0.25) is 0 Å². The van der Waals surface area contributed by atoms with Crippen molar-refractivity contribution in [2.45, 2.75) is 20.3 Å². The Morgan fingerprint density at radius 3 is 2.82 bits per heavy atom. The molecule has 0 unspecified atom stereocenters. The third-order valence-corrected chi connectivity index (χ3v) is 3.17. The van der Waals surface area contributed by atoms with Crippen molar-refractivity contribution in [1.29, 1.82) is 0 Å². The molecular weight excluding hydrogens is 276 g/mol. The molecule has 3 rings (SSSR count). The van der Waals surface area contributed by atoms with Crippen LogP contribution in [0.5, 0.6) is 0 Å². The van der Waals surface area contributed by atoms with Crippen LogP contribution in [-0.2, 0) is 6.42 Å². The van der Waals surface area contributed by atoms with Crippen LogP contribution in [0.4, 0.5) is 0 Å². The van der Waals surface area contributed by atoms with Gasteiger partial charge in [-0.2, -0.15) is 5.10 Å². The molecule has 3 aromatic heterocycles. The van der Waals surface area contributed by atoms with E-state index in [0.29, 0.717) is 11.4 Å². The quantitative estimate of drug-likeness (QED) is 0.694. The maximum Gasteiger partial charge on any atom is 0.172 e. The molecule has 22 heavy (non-hydrogen) atoms. The molecule has 0 atom stereocenters. The van der Waals surface area contributed by atoms with Gasteiger partial charge in [0.2, 0.25) is 0 Å². The number of Topliss-reactive ketones (excluding diaryl/α,β-unsaturated/α-hetero) is 1. The van der Waals surface area contributed by atoms with E-state index in [1.807, 2.05) is 38.1 Å². The van der Waals surface area contributed by atoms with Crippen LogP contribution >= 0.6 is 0 Å². The molecule has 0 fully saturated rings. The van der Waals surface area contributed by atoms with E-state index in [-0.39, 0.29) is 12.2 Å². The van der Waals surface area contributed by atoms with Crippen LogP contribution < -0.4 is 0 Å². The molecule has 3 heterocycles. The fraction of sp³-hybridized carbons (Fsp3) is 0.176. The molecule has 5 nitrogen and oxygen atoms in total. The predicted molar refractivity (Wildman–Crippen MR) is 84.6 cm³/mol. The first-order chi connectivity index (χ1) is 10.6. The van der Waals surface area contributed by atoms with E-state index >= 15 is 0 Å². The standard InChI is InChI=1S/C17H16N4O/c1-12(2)9-14-6-3-7-17-19-16(20-21(14)17)10-15(22)13-5-4-8-18-11-13/h3-9,11H,10H2,1-2H3. The summed E-state index contributed by atoms with van der Waals surface area (Å²) in [7, 11) is 0. The SMILES string of the molecule is CC(C)=Cc1cccc2nc(CC(=O)c3cccnc3)nn12. The molecule has 0 saturated heterocycles. The number of pyridine rings is 2. The lowest BCUT2D eigenvalue weighted by molar-refractivity contribution is 0.0990. The number of hydrogen-bond donors (Lipinski definition) is 0. The highest BCUT2D eigenvalue weighted by Crippen LogP contribution is 2.11. The van der Waals surface area contributed by atoms with Crippen molar-refractivity contribution in [2.75, 3.05) is 0 Å². The summed E-state index contributed by atoms with van der Waals surface area (Å²) in [5, 5.41) is 4.45. The summed E-state index contributed by atoms with van der Waals surface area (Å²) in [6.45, 7) is 4.06. The normalized spacial score (nSPS) is 10.6. The lowest BCUT2D eigenvalue weighted by atomic mass is 10.1. The Hall–Kier alpha value is -2.82. The van der Waals surface area contributed by atoms with Crippen molar-refractivity contribution in [3.05, 3.63) is 65.4 Å². The van der Waals surface area contributed by atoms with Gasteiger partial charge in [-0.1, -0.05) is 11.6 Å². The fourth-order valence-corrected chi connectivity index (χ4v) is 2.22. The Kier molecular flexibility index (Phi) is 3.78. The Labute approximate surface area is 128 Å². The minimum Gasteiger partial charge on any atom is -0.294 e. The first kappa shape index (κ1) is 14.1.